The monoisotopic (exact) mass is 740 g/mol. The summed E-state index contributed by atoms with van der Waals surface area (Å²) in [5.74, 6) is 0. The Kier molecular flexibility index (Phi) is 6.38. The molecule has 0 atom stereocenters. The van der Waals surface area contributed by atoms with E-state index in [1.54, 1.807) is 0 Å². The van der Waals surface area contributed by atoms with Crippen LogP contribution in [-0.2, 0) is 0 Å². The number of nitrogens with zero attached hydrogens (tertiary/aromatic N) is 4. The van der Waals surface area contributed by atoms with Crippen LogP contribution >= 0.6 is 0 Å². The van der Waals surface area contributed by atoms with Gasteiger partial charge in [-0.1, -0.05) is 91.0 Å². The zero-order valence-corrected chi connectivity index (χ0v) is 31.2. The van der Waals surface area contributed by atoms with Crippen molar-refractivity contribution < 1.29 is 4.42 Å². The summed E-state index contributed by atoms with van der Waals surface area (Å²) in [6.07, 6.45) is 1.89. The smallest absolute Gasteiger partial charge is 0.145 e. The molecule has 5 aromatic heterocycles. The third-order valence-electron chi connectivity index (χ3n) is 12.1. The molecule has 270 valence electrons. The predicted octanol–water partition coefficient (Wildman–Crippen LogP) is 13.9. The average Bonchev–Trinajstić information content (AvgIpc) is 4.02. The Bertz CT molecular complexity index is 3750. The van der Waals surface area contributed by atoms with E-state index in [1.807, 2.05) is 12.3 Å². The van der Waals surface area contributed by atoms with Crippen molar-refractivity contribution in [2.45, 2.75) is 0 Å². The van der Waals surface area contributed by atoms with Crippen LogP contribution < -0.4 is 0 Å². The standard InChI is InChI=1S/C53H32N4O/c1-2-13-35(14-3-1)55-47-26-24-37(32-43(47)52-49(55)22-11-29-54-52)57-46-21-9-6-18-41(46)51-48(57)27-25-40-42-31-34(23-28-50(42)58-53(40)51)33-12-10-15-36(30-33)56-44-19-7-4-16-38(44)39-17-5-8-20-45(39)56/h1-32H. The quantitative estimate of drug-likeness (QED) is 0.180. The van der Waals surface area contributed by atoms with E-state index < -0.39 is 0 Å². The van der Waals surface area contributed by atoms with Crippen molar-refractivity contribution in [2.24, 2.45) is 0 Å². The van der Waals surface area contributed by atoms with E-state index in [0.29, 0.717) is 0 Å². The van der Waals surface area contributed by atoms with Gasteiger partial charge in [0.05, 0.1) is 44.0 Å². The number of fused-ring (bicyclic) bond motifs is 13. The zero-order valence-electron chi connectivity index (χ0n) is 31.2. The molecule has 0 radical (unpaired) electrons. The minimum absolute atomic E-state index is 0.878. The predicted molar refractivity (Wildman–Crippen MR) is 240 cm³/mol. The average molecular weight is 741 g/mol. The van der Waals surface area contributed by atoms with Crippen molar-refractivity contribution in [1.82, 2.24) is 18.7 Å². The van der Waals surface area contributed by atoms with Gasteiger partial charge in [0.15, 0.2) is 0 Å². The Morgan fingerprint density at radius 2 is 0.948 bits per heavy atom. The molecule has 0 aliphatic rings. The number of hydrogen-bond donors (Lipinski definition) is 0. The summed E-state index contributed by atoms with van der Waals surface area (Å²) in [7, 11) is 0. The third-order valence-corrected chi connectivity index (χ3v) is 12.1. The second-order valence-corrected chi connectivity index (χ2v) is 15.2. The van der Waals surface area contributed by atoms with E-state index in [4.69, 9.17) is 9.40 Å². The van der Waals surface area contributed by atoms with Gasteiger partial charge in [0.1, 0.15) is 11.2 Å². The largest absolute Gasteiger partial charge is 0.455 e. The number of furan rings is 1. The van der Waals surface area contributed by atoms with Gasteiger partial charge in [-0.3, -0.25) is 4.98 Å². The molecule has 0 unspecified atom stereocenters. The fraction of sp³-hybridized carbons (Fsp3) is 0. The lowest BCUT2D eigenvalue weighted by atomic mass is 10.0. The highest BCUT2D eigenvalue weighted by molar-refractivity contribution is 6.24. The molecule has 0 N–H and O–H groups in total. The molecule has 8 aromatic carbocycles. The second kappa shape index (κ2) is 11.8. The highest BCUT2D eigenvalue weighted by Crippen LogP contribution is 2.43. The molecule has 58 heavy (non-hydrogen) atoms. The fourth-order valence-electron chi connectivity index (χ4n) is 9.59. The molecule has 0 fully saturated rings. The first-order valence-electron chi connectivity index (χ1n) is 19.7. The van der Waals surface area contributed by atoms with Crippen molar-refractivity contribution >= 4 is 87.5 Å². The Labute approximate surface area is 331 Å². The summed E-state index contributed by atoms with van der Waals surface area (Å²) >= 11 is 0. The molecule has 5 heterocycles. The van der Waals surface area contributed by atoms with Gasteiger partial charge in [0.25, 0.3) is 0 Å². The first kappa shape index (κ1) is 31.3. The highest BCUT2D eigenvalue weighted by atomic mass is 16.3. The van der Waals surface area contributed by atoms with Crippen LogP contribution in [0.3, 0.4) is 0 Å². The van der Waals surface area contributed by atoms with E-state index in [1.165, 1.54) is 21.8 Å². The number of aromatic nitrogens is 4. The molecule has 5 nitrogen and oxygen atoms in total. The Morgan fingerprint density at radius 1 is 0.345 bits per heavy atom. The van der Waals surface area contributed by atoms with Gasteiger partial charge in [-0.25, -0.2) is 0 Å². The normalized spacial score (nSPS) is 12.1. The Morgan fingerprint density at radius 3 is 1.76 bits per heavy atom. The zero-order chi connectivity index (χ0) is 37.9. The molecule has 0 saturated heterocycles. The number of hydrogen-bond acceptors (Lipinski definition) is 2. The van der Waals surface area contributed by atoms with E-state index in [0.717, 1.165) is 93.9 Å². The lowest BCUT2D eigenvalue weighted by Crippen LogP contribution is -1.95. The van der Waals surface area contributed by atoms with Gasteiger partial charge >= 0.3 is 0 Å². The van der Waals surface area contributed by atoms with Crippen LogP contribution in [0.5, 0.6) is 0 Å². The molecule has 0 aliphatic carbocycles. The molecule has 13 aromatic rings. The molecular formula is C53H32N4O. The molecule has 0 bridgehead atoms. The minimum atomic E-state index is 0.878. The van der Waals surface area contributed by atoms with E-state index in [2.05, 4.69) is 196 Å². The molecule has 13 rings (SSSR count). The van der Waals surface area contributed by atoms with Gasteiger partial charge in [0.2, 0.25) is 0 Å². The summed E-state index contributed by atoms with van der Waals surface area (Å²) in [5.41, 5.74) is 15.3. The molecule has 0 saturated carbocycles. The summed E-state index contributed by atoms with van der Waals surface area (Å²) in [4.78, 5) is 4.89. The first-order chi connectivity index (χ1) is 28.8. The summed E-state index contributed by atoms with van der Waals surface area (Å²) in [6, 6.07) is 67.4. The van der Waals surface area contributed by atoms with Crippen LogP contribution in [0.2, 0.25) is 0 Å². The Balaban J connectivity index is 0.984. The van der Waals surface area contributed by atoms with Crippen LogP contribution in [-0.4, -0.2) is 18.7 Å². The highest BCUT2D eigenvalue weighted by Gasteiger charge is 2.21. The van der Waals surface area contributed by atoms with Crippen molar-refractivity contribution in [3.8, 4) is 28.2 Å². The molecule has 0 amide bonds. The van der Waals surface area contributed by atoms with Gasteiger partial charge in [-0.2, -0.15) is 0 Å². The van der Waals surface area contributed by atoms with Crippen molar-refractivity contribution in [1.29, 1.82) is 0 Å². The lowest BCUT2D eigenvalue weighted by molar-refractivity contribution is 0.673. The van der Waals surface area contributed by atoms with Crippen molar-refractivity contribution in [3.05, 3.63) is 194 Å². The summed E-state index contributed by atoms with van der Waals surface area (Å²) < 4.78 is 13.9. The van der Waals surface area contributed by atoms with Crippen LogP contribution in [0.15, 0.2) is 199 Å². The van der Waals surface area contributed by atoms with Crippen LogP contribution in [0, 0.1) is 0 Å². The van der Waals surface area contributed by atoms with Crippen molar-refractivity contribution in [3.63, 3.8) is 0 Å². The van der Waals surface area contributed by atoms with Gasteiger partial charge in [-0.15, -0.1) is 0 Å². The number of pyridine rings is 1. The van der Waals surface area contributed by atoms with Crippen LogP contribution in [0.1, 0.15) is 0 Å². The van der Waals surface area contributed by atoms with E-state index >= 15 is 0 Å². The van der Waals surface area contributed by atoms with Gasteiger partial charge < -0.3 is 18.1 Å². The number of benzene rings is 8. The van der Waals surface area contributed by atoms with Crippen molar-refractivity contribution in [2.75, 3.05) is 0 Å². The maximum absolute atomic E-state index is 6.84. The fourth-order valence-corrected chi connectivity index (χ4v) is 9.59. The number of para-hydroxylation sites is 4. The van der Waals surface area contributed by atoms with E-state index in [9.17, 15) is 0 Å². The molecule has 0 aliphatic heterocycles. The topological polar surface area (TPSA) is 40.8 Å². The minimum Gasteiger partial charge on any atom is -0.455 e. The van der Waals surface area contributed by atoms with Gasteiger partial charge in [-0.05, 0) is 108 Å². The molecule has 5 heteroatoms. The second-order valence-electron chi connectivity index (χ2n) is 15.2. The van der Waals surface area contributed by atoms with Crippen LogP contribution in [0.25, 0.3) is 116 Å². The molecule has 0 spiro atoms. The maximum atomic E-state index is 6.84. The van der Waals surface area contributed by atoms with Gasteiger partial charge in [0, 0.05) is 55.6 Å². The lowest BCUT2D eigenvalue weighted by Gasteiger charge is -2.10. The summed E-state index contributed by atoms with van der Waals surface area (Å²) in [5, 5.41) is 8.12. The number of rotatable bonds is 4. The van der Waals surface area contributed by atoms with E-state index in [-0.39, 0.29) is 0 Å². The Hall–Kier alpha value is -7.89. The molecular weight excluding hydrogens is 709 g/mol. The summed E-state index contributed by atoms with van der Waals surface area (Å²) in [6.45, 7) is 0. The van der Waals surface area contributed by atoms with Crippen LogP contribution in [0.4, 0.5) is 0 Å². The first-order valence-corrected chi connectivity index (χ1v) is 19.7. The maximum Gasteiger partial charge on any atom is 0.145 e. The third kappa shape index (κ3) is 4.33. The SMILES string of the molecule is c1ccc(-n2c3ccc(-n4c5ccccc5c5c6oc7ccc(-c8cccc(-n9c%10ccccc%10c%10ccccc%109)c8)cc7c6ccc54)cc3c3ncccc32)cc1.